The Morgan fingerprint density at radius 1 is 1.44 bits per heavy atom. The van der Waals surface area contributed by atoms with Crippen LogP contribution in [0, 0.1) is 0 Å². The van der Waals surface area contributed by atoms with E-state index in [1.54, 1.807) is 24.6 Å². The molecular formula is C14H15NO2S. The SMILES string of the molecule is COc1cccnc1C(O)c1cc2c(s1)CCC2. The van der Waals surface area contributed by atoms with Crippen LogP contribution in [-0.2, 0) is 12.8 Å². The molecule has 0 fully saturated rings. The summed E-state index contributed by atoms with van der Waals surface area (Å²) < 4.78 is 5.25. The Morgan fingerprint density at radius 3 is 3.11 bits per heavy atom. The predicted molar refractivity (Wildman–Crippen MR) is 71.2 cm³/mol. The third-order valence-electron chi connectivity index (χ3n) is 3.31. The van der Waals surface area contributed by atoms with Gasteiger partial charge in [-0.25, -0.2) is 0 Å². The number of aryl methyl sites for hydroxylation is 2. The Kier molecular flexibility index (Phi) is 3.06. The minimum Gasteiger partial charge on any atom is -0.495 e. The third-order valence-corrected chi connectivity index (χ3v) is 4.60. The zero-order valence-electron chi connectivity index (χ0n) is 10.2. The summed E-state index contributed by atoms with van der Waals surface area (Å²) in [6.45, 7) is 0. The number of methoxy groups -OCH3 is 1. The van der Waals surface area contributed by atoms with Gasteiger partial charge in [0.15, 0.2) is 0 Å². The van der Waals surface area contributed by atoms with E-state index in [1.165, 1.54) is 16.9 Å². The summed E-state index contributed by atoms with van der Waals surface area (Å²) in [5.74, 6) is 0.638. The molecule has 1 aliphatic carbocycles. The second kappa shape index (κ2) is 4.71. The highest BCUT2D eigenvalue weighted by Crippen LogP contribution is 2.37. The van der Waals surface area contributed by atoms with E-state index in [4.69, 9.17) is 4.74 Å². The van der Waals surface area contributed by atoms with Crippen LogP contribution in [-0.4, -0.2) is 17.2 Å². The summed E-state index contributed by atoms with van der Waals surface area (Å²) in [7, 11) is 1.60. The van der Waals surface area contributed by atoms with Crippen LogP contribution < -0.4 is 4.74 Å². The van der Waals surface area contributed by atoms with E-state index in [-0.39, 0.29) is 0 Å². The summed E-state index contributed by atoms with van der Waals surface area (Å²) in [6, 6.07) is 5.75. The van der Waals surface area contributed by atoms with E-state index in [9.17, 15) is 5.11 Å². The number of pyridine rings is 1. The summed E-state index contributed by atoms with van der Waals surface area (Å²) in [5, 5.41) is 10.4. The number of fused-ring (bicyclic) bond motifs is 1. The molecule has 0 aliphatic heterocycles. The highest BCUT2D eigenvalue weighted by molar-refractivity contribution is 7.12. The lowest BCUT2D eigenvalue weighted by Gasteiger charge is -2.11. The summed E-state index contributed by atoms with van der Waals surface area (Å²) in [5.41, 5.74) is 1.99. The summed E-state index contributed by atoms with van der Waals surface area (Å²) in [6.07, 6.45) is 4.52. The van der Waals surface area contributed by atoms with Crippen molar-refractivity contribution >= 4 is 11.3 Å². The fourth-order valence-corrected chi connectivity index (χ4v) is 3.65. The zero-order chi connectivity index (χ0) is 12.5. The Balaban J connectivity index is 1.95. The molecule has 1 N–H and O–H groups in total. The van der Waals surface area contributed by atoms with Crippen LogP contribution in [0.15, 0.2) is 24.4 Å². The van der Waals surface area contributed by atoms with Gasteiger partial charge in [0.2, 0.25) is 0 Å². The van der Waals surface area contributed by atoms with E-state index >= 15 is 0 Å². The van der Waals surface area contributed by atoms with E-state index in [1.807, 2.05) is 12.1 Å². The first-order chi connectivity index (χ1) is 8.79. The largest absolute Gasteiger partial charge is 0.495 e. The van der Waals surface area contributed by atoms with Crippen molar-refractivity contribution in [1.82, 2.24) is 4.98 Å². The van der Waals surface area contributed by atoms with Crippen molar-refractivity contribution in [3.63, 3.8) is 0 Å². The number of rotatable bonds is 3. The average Bonchev–Trinajstić information content (AvgIpc) is 2.98. The first-order valence-corrected chi connectivity index (χ1v) is 6.89. The molecule has 94 valence electrons. The van der Waals surface area contributed by atoms with Crippen molar-refractivity contribution in [3.8, 4) is 5.75 Å². The molecule has 0 spiro atoms. The van der Waals surface area contributed by atoms with Gasteiger partial charge in [-0.1, -0.05) is 0 Å². The summed E-state index contributed by atoms with van der Waals surface area (Å²) >= 11 is 1.70. The van der Waals surface area contributed by atoms with Crippen LogP contribution in [0.4, 0.5) is 0 Å². The van der Waals surface area contributed by atoms with Crippen LogP contribution in [0.1, 0.15) is 33.5 Å². The van der Waals surface area contributed by atoms with Gasteiger partial charge < -0.3 is 9.84 Å². The normalized spacial score (nSPS) is 15.4. The Labute approximate surface area is 110 Å². The van der Waals surface area contributed by atoms with E-state index in [0.717, 1.165) is 17.7 Å². The molecular weight excluding hydrogens is 246 g/mol. The molecule has 3 nitrogen and oxygen atoms in total. The highest BCUT2D eigenvalue weighted by atomic mass is 32.1. The smallest absolute Gasteiger partial charge is 0.143 e. The average molecular weight is 261 g/mol. The number of hydrogen-bond acceptors (Lipinski definition) is 4. The maximum Gasteiger partial charge on any atom is 0.143 e. The standard InChI is InChI=1S/C14H15NO2S/c1-17-10-5-3-7-15-13(10)14(16)12-8-9-4-2-6-11(9)18-12/h3,5,7-8,14,16H,2,4,6H2,1H3. The van der Waals surface area contributed by atoms with E-state index < -0.39 is 6.10 Å². The van der Waals surface area contributed by atoms with Gasteiger partial charge in [-0.15, -0.1) is 11.3 Å². The molecule has 0 amide bonds. The third kappa shape index (κ3) is 1.91. The minimum absolute atomic E-state index is 0.597. The maximum atomic E-state index is 10.4. The number of aromatic nitrogens is 1. The number of ether oxygens (including phenoxy) is 1. The van der Waals surface area contributed by atoms with Gasteiger partial charge in [-0.05, 0) is 43.0 Å². The number of aliphatic hydroxyl groups excluding tert-OH is 1. The van der Waals surface area contributed by atoms with Gasteiger partial charge in [0.1, 0.15) is 17.5 Å². The van der Waals surface area contributed by atoms with Crippen LogP contribution in [0.5, 0.6) is 5.75 Å². The fourth-order valence-electron chi connectivity index (χ4n) is 2.40. The number of aliphatic hydroxyl groups is 1. The van der Waals surface area contributed by atoms with Crippen molar-refractivity contribution in [3.05, 3.63) is 45.4 Å². The van der Waals surface area contributed by atoms with Gasteiger partial charge in [-0.3, -0.25) is 4.98 Å². The highest BCUT2D eigenvalue weighted by Gasteiger charge is 2.22. The molecule has 0 radical (unpaired) electrons. The van der Waals surface area contributed by atoms with Crippen molar-refractivity contribution in [2.24, 2.45) is 0 Å². The van der Waals surface area contributed by atoms with Gasteiger partial charge >= 0.3 is 0 Å². The molecule has 2 aromatic heterocycles. The second-order valence-corrected chi connectivity index (χ2v) is 5.61. The van der Waals surface area contributed by atoms with Gasteiger partial charge in [0.25, 0.3) is 0 Å². The van der Waals surface area contributed by atoms with E-state index in [2.05, 4.69) is 11.1 Å². The van der Waals surface area contributed by atoms with Crippen molar-refractivity contribution < 1.29 is 9.84 Å². The topological polar surface area (TPSA) is 42.4 Å². The Bertz CT molecular complexity index is 543. The Hall–Kier alpha value is -1.39. The number of nitrogens with zero attached hydrogens (tertiary/aromatic N) is 1. The van der Waals surface area contributed by atoms with Crippen LogP contribution in [0.3, 0.4) is 0 Å². The van der Waals surface area contributed by atoms with Gasteiger partial charge in [0.05, 0.1) is 7.11 Å². The maximum absolute atomic E-state index is 10.4. The lowest BCUT2D eigenvalue weighted by Crippen LogP contribution is -2.03. The molecule has 1 atom stereocenters. The molecule has 0 saturated heterocycles. The first kappa shape index (κ1) is 11.7. The monoisotopic (exact) mass is 261 g/mol. The first-order valence-electron chi connectivity index (χ1n) is 6.08. The van der Waals surface area contributed by atoms with E-state index in [0.29, 0.717) is 11.4 Å². The second-order valence-electron chi connectivity index (χ2n) is 4.44. The van der Waals surface area contributed by atoms with Gasteiger partial charge in [-0.2, -0.15) is 0 Å². The molecule has 3 rings (SSSR count). The zero-order valence-corrected chi connectivity index (χ0v) is 11.0. The van der Waals surface area contributed by atoms with Crippen LogP contribution >= 0.6 is 11.3 Å². The lowest BCUT2D eigenvalue weighted by atomic mass is 10.1. The van der Waals surface area contributed by atoms with Crippen LogP contribution in [0.25, 0.3) is 0 Å². The molecule has 2 aromatic rings. The number of hydrogen-bond donors (Lipinski definition) is 1. The van der Waals surface area contributed by atoms with Crippen molar-refractivity contribution in [1.29, 1.82) is 0 Å². The van der Waals surface area contributed by atoms with Crippen molar-refractivity contribution in [2.75, 3.05) is 7.11 Å². The lowest BCUT2D eigenvalue weighted by molar-refractivity contribution is 0.213. The molecule has 1 unspecified atom stereocenters. The van der Waals surface area contributed by atoms with Crippen molar-refractivity contribution in [2.45, 2.75) is 25.4 Å². The molecule has 2 heterocycles. The molecule has 18 heavy (non-hydrogen) atoms. The quantitative estimate of drug-likeness (QED) is 0.923. The minimum atomic E-state index is -0.684. The van der Waals surface area contributed by atoms with Crippen LogP contribution in [0.2, 0.25) is 0 Å². The molecule has 0 saturated carbocycles. The summed E-state index contributed by atoms with van der Waals surface area (Å²) in [4.78, 5) is 6.63. The number of thiophene rings is 1. The molecule has 0 aromatic carbocycles. The van der Waals surface area contributed by atoms with Gasteiger partial charge in [0, 0.05) is 16.0 Å². The fraction of sp³-hybridized carbons (Fsp3) is 0.357. The molecule has 0 bridgehead atoms. The molecule has 4 heteroatoms. The predicted octanol–water partition coefficient (Wildman–Crippen LogP) is 2.72. The Morgan fingerprint density at radius 2 is 2.33 bits per heavy atom. The molecule has 1 aliphatic rings.